The van der Waals surface area contributed by atoms with Crippen LogP contribution >= 0.6 is 0 Å². The lowest BCUT2D eigenvalue weighted by molar-refractivity contribution is -0.345. The van der Waals surface area contributed by atoms with Crippen molar-refractivity contribution >= 4 is 23.9 Å². The Morgan fingerprint density at radius 3 is 2.14 bits per heavy atom. The topological polar surface area (TPSA) is 232 Å². The van der Waals surface area contributed by atoms with E-state index in [0.29, 0.717) is 37.4 Å². The summed E-state index contributed by atoms with van der Waals surface area (Å²) in [4.78, 5) is 49.8. The van der Waals surface area contributed by atoms with Crippen LogP contribution in [0.5, 0.6) is 5.75 Å². The fourth-order valence-corrected chi connectivity index (χ4v) is 12.2. The number of ether oxygens (including phenoxy) is 9. The first-order valence-electron chi connectivity index (χ1n) is 22.6. The molecule has 356 valence electrons. The van der Waals surface area contributed by atoms with Crippen LogP contribution in [0.25, 0.3) is 0 Å². The van der Waals surface area contributed by atoms with Crippen LogP contribution in [-0.4, -0.2) is 138 Å². The standard InChI is InChI=1S/C47H66O17/c1-24(16-19-57-25(2)48)47(55)37(21-34-32-13-10-29-20-31(60-26(3)49)14-17-45(29,5)33(32)15-18-46(34,47)6)62-44-41(61-27(4)50)39(36(52)23-59-44)64-43-40(38(53)35(51)22-58-43)63-42(54)28-8-11-30(56-7)12-9-28/h8-12,24,31-41,43-44,51-53,55H,13-23H2,1-7H3/t24-,31+,32-,33+,34+,35-,36+,37-,38+,39+,40-,41-,43+,44+,45+,46+,47-/m1/s1. The van der Waals surface area contributed by atoms with E-state index in [1.54, 1.807) is 12.1 Å². The Morgan fingerprint density at radius 1 is 0.812 bits per heavy atom. The van der Waals surface area contributed by atoms with Gasteiger partial charge in [0.15, 0.2) is 24.8 Å². The zero-order valence-corrected chi connectivity index (χ0v) is 37.8. The molecule has 2 heterocycles. The predicted octanol–water partition coefficient (Wildman–Crippen LogP) is 3.54. The van der Waals surface area contributed by atoms with Crippen molar-refractivity contribution in [1.29, 1.82) is 0 Å². The molecule has 0 radical (unpaired) electrons. The van der Waals surface area contributed by atoms with Gasteiger partial charge < -0.3 is 63.1 Å². The maximum atomic E-state index is 13.4. The third kappa shape index (κ3) is 9.20. The van der Waals surface area contributed by atoms with Gasteiger partial charge in [0.05, 0.1) is 44.2 Å². The molecule has 1 aromatic rings. The first-order valence-corrected chi connectivity index (χ1v) is 22.6. The second-order valence-electron chi connectivity index (χ2n) is 19.2. The normalized spacial score (nSPS) is 40.9. The van der Waals surface area contributed by atoms with Crippen molar-refractivity contribution in [1.82, 2.24) is 0 Å². The number of aliphatic hydroxyl groups excluding tert-OH is 3. The number of allylic oxidation sites excluding steroid dienone is 1. The minimum Gasteiger partial charge on any atom is -0.497 e. The molecule has 0 amide bonds. The van der Waals surface area contributed by atoms with Crippen LogP contribution in [0.2, 0.25) is 0 Å². The molecule has 1 aromatic carbocycles. The molecule has 4 N–H and O–H groups in total. The molecule has 0 unspecified atom stereocenters. The van der Waals surface area contributed by atoms with Gasteiger partial charge >= 0.3 is 23.9 Å². The second kappa shape index (κ2) is 19.3. The van der Waals surface area contributed by atoms with Crippen molar-refractivity contribution in [2.45, 2.75) is 160 Å². The van der Waals surface area contributed by atoms with Crippen molar-refractivity contribution in [3.05, 3.63) is 41.5 Å². The lowest BCUT2D eigenvalue weighted by atomic mass is 9.46. The summed E-state index contributed by atoms with van der Waals surface area (Å²) in [6, 6.07) is 6.03. The smallest absolute Gasteiger partial charge is 0.338 e. The van der Waals surface area contributed by atoms with Crippen molar-refractivity contribution in [2.75, 3.05) is 26.9 Å². The maximum absolute atomic E-state index is 13.4. The van der Waals surface area contributed by atoms with Gasteiger partial charge in [-0.3, -0.25) is 14.4 Å². The zero-order chi connectivity index (χ0) is 46.3. The summed E-state index contributed by atoms with van der Waals surface area (Å²) >= 11 is 0. The van der Waals surface area contributed by atoms with Crippen molar-refractivity contribution < 1.29 is 82.2 Å². The first kappa shape index (κ1) is 48.3. The van der Waals surface area contributed by atoms with Crippen LogP contribution in [0.15, 0.2) is 35.9 Å². The number of methoxy groups -OCH3 is 1. The molecule has 0 spiro atoms. The largest absolute Gasteiger partial charge is 0.497 e. The Hall–Kier alpha value is -3.68. The fraction of sp³-hybridized carbons (Fsp3) is 0.745. The van der Waals surface area contributed by atoms with Gasteiger partial charge in [0.25, 0.3) is 0 Å². The van der Waals surface area contributed by atoms with E-state index in [4.69, 9.17) is 42.6 Å². The molecule has 17 atom stereocenters. The molecule has 4 aliphatic carbocycles. The van der Waals surface area contributed by atoms with E-state index in [1.807, 2.05) is 6.92 Å². The minimum absolute atomic E-state index is 0.0312. The summed E-state index contributed by atoms with van der Waals surface area (Å²) in [5.41, 5.74) is -0.874. The molecule has 6 aliphatic rings. The number of aliphatic hydroxyl groups is 4. The zero-order valence-electron chi connectivity index (χ0n) is 37.8. The van der Waals surface area contributed by atoms with Crippen LogP contribution in [0, 0.1) is 34.5 Å². The van der Waals surface area contributed by atoms with Gasteiger partial charge in [-0.05, 0) is 98.3 Å². The van der Waals surface area contributed by atoms with Gasteiger partial charge in [0, 0.05) is 32.6 Å². The van der Waals surface area contributed by atoms with E-state index in [9.17, 15) is 39.6 Å². The molecule has 17 heteroatoms. The lowest BCUT2D eigenvalue weighted by Crippen LogP contribution is -2.63. The molecule has 2 saturated heterocycles. The van der Waals surface area contributed by atoms with E-state index in [-0.39, 0.29) is 48.1 Å². The molecule has 7 rings (SSSR count). The van der Waals surface area contributed by atoms with Gasteiger partial charge in [0.1, 0.15) is 36.3 Å². The quantitative estimate of drug-likeness (QED) is 0.126. The van der Waals surface area contributed by atoms with E-state index in [2.05, 4.69) is 19.9 Å². The predicted molar refractivity (Wildman–Crippen MR) is 223 cm³/mol. The van der Waals surface area contributed by atoms with E-state index in [0.717, 1.165) is 25.7 Å². The van der Waals surface area contributed by atoms with Crippen molar-refractivity contribution in [2.24, 2.45) is 34.5 Å². The highest BCUT2D eigenvalue weighted by Crippen LogP contribution is 2.69. The van der Waals surface area contributed by atoms with Crippen LogP contribution < -0.4 is 4.74 Å². The average Bonchev–Trinajstić information content (AvgIpc) is 3.48. The molecular weight excluding hydrogens is 837 g/mol. The molecule has 0 aromatic heterocycles. The molecular formula is C47H66O17. The number of fused-ring (bicyclic) bond motifs is 5. The Kier molecular flexibility index (Phi) is 14.5. The van der Waals surface area contributed by atoms with Gasteiger partial charge in [-0.25, -0.2) is 4.79 Å². The SMILES string of the molecule is COc1ccc(C(=O)O[C@H]2[C@H](O[C@@H]3[C@@H](OC(C)=O)[C@H](O[C@@H]4C[C@H]5[C@@H]6CC=C7C[C@@H](OC(C)=O)CC[C@]7(C)[C@H]6CC[C@]5(C)[C@@]4(O)[C@H](C)CCOC(C)=O)OC[C@@H]3O)OC[C@@H](O)[C@@H]2O)cc1. The fourth-order valence-electron chi connectivity index (χ4n) is 12.2. The number of esters is 4. The van der Waals surface area contributed by atoms with Crippen LogP contribution in [-0.2, 0) is 52.3 Å². The van der Waals surface area contributed by atoms with Gasteiger partial charge in [-0.2, -0.15) is 0 Å². The molecule has 2 aliphatic heterocycles. The first-order chi connectivity index (χ1) is 30.3. The van der Waals surface area contributed by atoms with E-state index < -0.39 is 96.8 Å². The number of rotatable bonds is 13. The Labute approximate surface area is 374 Å². The van der Waals surface area contributed by atoms with Crippen LogP contribution in [0.1, 0.15) is 103 Å². The third-order valence-electron chi connectivity index (χ3n) is 15.6. The average molecular weight is 903 g/mol. The van der Waals surface area contributed by atoms with Crippen molar-refractivity contribution in [3.8, 4) is 5.75 Å². The van der Waals surface area contributed by atoms with Gasteiger partial charge in [-0.15, -0.1) is 0 Å². The van der Waals surface area contributed by atoms with E-state index >= 15 is 0 Å². The highest BCUT2D eigenvalue weighted by atomic mass is 16.8. The Balaban J connectivity index is 1.16. The summed E-state index contributed by atoms with van der Waals surface area (Å²) in [5, 5.41) is 46.5. The lowest BCUT2D eigenvalue weighted by Gasteiger charge is -2.59. The van der Waals surface area contributed by atoms with Crippen LogP contribution in [0.3, 0.4) is 0 Å². The van der Waals surface area contributed by atoms with Gasteiger partial charge in [-0.1, -0.05) is 32.4 Å². The Morgan fingerprint density at radius 2 is 1.48 bits per heavy atom. The highest BCUT2D eigenvalue weighted by molar-refractivity contribution is 5.89. The second-order valence-corrected chi connectivity index (χ2v) is 19.2. The molecule has 64 heavy (non-hydrogen) atoms. The molecule has 3 saturated carbocycles. The Bertz CT molecular complexity index is 1890. The van der Waals surface area contributed by atoms with Crippen LogP contribution in [0.4, 0.5) is 0 Å². The van der Waals surface area contributed by atoms with Gasteiger partial charge in [0.2, 0.25) is 0 Å². The number of carbonyl (C=O) groups is 4. The summed E-state index contributed by atoms with van der Waals surface area (Å²) in [7, 11) is 1.48. The molecule has 17 nitrogen and oxygen atoms in total. The maximum Gasteiger partial charge on any atom is 0.338 e. The number of hydrogen-bond donors (Lipinski definition) is 4. The summed E-state index contributed by atoms with van der Waals surface area (Å²) in [6.45, 7) is 9.62. The number of carbonyl (C=O) groups excluding carboxylic acids is 4. The minimum atomic E-state index is -1.66. The summed E-state index contributed by atoms with van der Waals surface area (Å²) < 4.78 is 52.7. The monoisotopic (exact) mass is 902 g/mol. The third-order valence-corrected chi connectivity index (χ3v) is 15.6. The van der Waals surface area contributed by atoms with Crippen molar-refractivity contribution in [3.63, 3.8) is 0 Å². The molecule has 0 bridgehead atoms. The van der Waals surface area contributed by atoms with E-state index in [1.165, 1.54) is 45.6 Å². The number of benzene rings is 1. The highest BCUT2D eigenvalue weighted by Gasteiger charge is 2.70. The summed E-state index contributed by atoms with van der Waals surface area (Å²) in [6.07, 6.45) is -5.33. The summed E-state index contributed by atoms with van der Waals surface area (Å²) in [5.74, 6) is -1.85. The number of hydrogen-bond acceptors (Lipinski definition) is 17. The molecule has 5 fully saturated rings.